The van der Waals surface area contributed by atoms with E-state index in [9.17, 15) is 9.59 Å². The average molecular weight is 430 g/mol. The van der Waals surface area contributed by atoms with Crippen LogP contribution in [0, 0.1) is 6.92 Å². The molecule has 0 radical (unpaired) electrons. The molecule has 9 heteroatoms. The van der Waals surface area contributed by atoms with Crippen molar-refractivity contribution in [3.05, 3.63) is 59.1 Å². The van der Waals surface area contributed by atoms with Crippen molar-refractivity contribution in [2.24, 2.45) is 0 Å². The van der Waals surface area contributed by atoms with Gasteiger partial charge in [0.25, 0.3) is 0 Å². The Morgan fingerprint density at radius 1 is 1.10 bits per heavy atom. The lowest BCUT2D eigenvalue weighted by Gasteiger charge is -2.15. The lowest BCUT2D eigenvalue weighted by atomic mass is 10.1. The Labute approximate surface area is 177 Å². The van der Waals surface area contributed by atoms with Gasteiger partial charge in [0.05, 0.1) is 10.9 Å². The molecule has 0 fully saturated rings. The monoisotopic (exact) mass is 429 g/mol. The van der Waals surface area contributed by atoms with E-state index in [1.165, 1.54) is 18.8 Å². The van der Waals surface area contributed by atoms with Crippen molar-refractivity contribution in [2.75, 3.05) is 7.05 Å². The van der Waals surface area contributed by atoms with Crippen LogP contribution in [0.2, 0.25) is 5.02 Å². The summed E-state index contributed by atoms with van der Waals surface area (Å²) < 4.78 is 1.91. The summed E-state index contributed by atoms with van der Waals surface area (Å²) in [5, 5.41) is 13.9. The fourth-order valence-electron chi connectivity index (χ4n) is 2.65. The summed E-state index contributed by atoms with van der Waals surface area (Å²) in [7, 11) is 1.45. The molecular weight excluding hydrogens is 410 g/mol. The maximum absolute atomic E-state index is 12.3. The fraction of sp³-hybridized carbons (Fsp3) is 0.200. The van der Waals surface area contributed by atoms with Crippen molar-refractivity contribution >= 4 is 35.3 Å². The Hall–Kier alpha value is -2.84. The topological polar surface area (TPSA) is 88.9 Å². The number of amides is 3. The summed E-state index contributed by atoms with van der Waals surface area (Å²) in [4.78, 5) is 23.7. The molecule has 1 unspecified atom stereocenters. The number of aryl methyl sites for hydroxylation is 1. The van der Waals surface area contributed by atoms with Gasteiger partial charge in [-0.3, -0.25) is 14.7 Å². The number of thioether (sulfide) groups is 1. The van der Waals surface area contributed by atoms with E-state index in [0.717, 1.165) is 16.8 Å². The Kier molecular flexibility index (Phi) is 6.56. The van der Waals surface area contributed by atoms with Gasteiger partial charge in [0.15, 0.2) is 11.0 Å². The van der Waals surface area contributed by atoms with Gasteiger partial charge in [-0.25, -0.2) is 4.79 Å². The normalized spacial score (nSPS) is 11.7. The van der Waals surface area contributed by atoms with E-state index < -0.39 is 17.2 Å². The van der Waals surface area contributed by atoms with E-state index >= 15 is 0 Å². The summed E-state index contributed by atoms with van der Waals surface area (Å²) >= 11 is 7.24. The van der Waals surface area contributed by atoms with Crippen molar-refractivity contribution in [1.29, 1.82) is 0 Å². The Bertz CT molecular complexity index is 1040. The van der Waals surface area contributed by atoms with E-state index in [1.54, 1.807) is 19.1 Å². The summed E-state index contributed by atoms with van der Waals surface area (Å²) in [6.07, 6.45) is 0. The van der Waals surface area contributed by atoms with Crippen LogP contribution in [-0.2, 0) is 4.79 Å². The average Bonchev–Trinajstić information content (AvgIpc) is 3.12. The highest BCUT2D eigenvalue weighted by molar-refractivity contribution is 8.00. The second-order valence-corrected chi connectivity index (χ2v) is 8.01. The third-order valence-electron chi connectivity index (χ3n) is 4.21. The van der Waals surface area contributed by atoms with Gasteiger partial charge in [-0.15, -0.1) is 10.2 Å². The van der Waals surface area contributed by atoms with Gasteiger partial charge in [-0.05, 0) is 49.7 Å². The standard InChI is InChI=1S/C20H20ClN5O2S/c1-12-6-4-5-7-16(12)26-17(14-8-10-15(21)11-9-14)24-25-20(26)29-13(2)18(27)23-19(28)22-3/h4-11,13H,1-3H3,(H2,22,23,27,28). The molecule has 0 bridgehead atoms. The number of carbonyl (C=O) groups is 2. The Balaban J connectivity index is 2.02. The molecular formula is C20H20ClN5O2S. The predicted molar refractivity (Wildman–Crippen MR) is 114 cm³/mol. The molecule has 0 saturated heterocycles. The van der Waals surface area contributed by atoms with E-state index in [4.69, 9.17) is 11.6 Å². The summed E-state index contributed by atoms with van der Waals surface area (Å²) in [6, 6.07) is 14.6. The van der Waals surface area contributed by atoms with Crippen LogP contribution in [0.4, 0.5) is 4.79 Å². The molecule has 0 saturated carbocycles. The van der Waals surface area contributed by atoms with E-state index in [-0.39, 0.29) is 0 Å². The van der Waals surface area contributed by atoms with Crippen LogP contribution in [0.25, 0.3) is 17.1 Å². The van der Waals surface area contributed by atoms with Gasteiger partial charge in [-0.2, -0.15) is 0 Å². The minimum absolute atomic E-state index is 0.415. The van der Waals surface area contributed by atoms with Crippen molar-refractivity contribution in [2.45, 2.75) is 24.3 Å². The molecule has 150 valence electrons. The minimum Gasteiger partial charge on any atom is -0.341 e. The summed E-state index contributed by atoms with van der Waals surface area (Å²) in [5.41, 5.74) is 2.79. The first-order valence-corrected chi connectivity index (χ1v) is 10.1. The second-order valence-electron chi connectivity index (χ2n) is 6.26. The zero-order valence-corrected chi connectivity index (χ0v) is 17.7. The highest BCUT2D eigenvalue weighted by Gasteiger charge is 2.23. The number of hydrogen-bond acceptors (Lipinski definition) is 5. The minimum atomic E-state index is -0.558. The van der Waals surface area contributed by atoms with Crippen molar-refractivity contribution < 1.29 is 9.59 Å². The Morgan fingerprint density at radius 2 is 1.79 bits per heavy atom. The van der Waals surface area contributed by atoms with Crippen LogP contribution in [0.1, 0.15) is 12.5 Å². The number of imide groups is 1. The number of rotatable bonds is 5. The number of urea groups is 1. The highest BCUT2D eigenvalue weighted by Crippen LogP contribution is 2.31. The third kappa shape index (κ3) is 4.78. The number of aromatic nitrogens is 3. The van der Waals surface area contributed by atoms with Crippen LogP contribution < -0.4 is 10.6 Å². The van der Waals surface area contributed by atoms with Crippen molar-refractivity contribution in [3.63, 3.8) is 0 Å². The van der Waals surface area contributed by atoms with Gasteiger partial charge in [0.2, 0.25) is 5.91 Å². The van der Waals surface area contributed by atoms with Gasteiger partial charge >= 0.3 is 6.03 Å². The van der Waals surface area contributed by atoms with Gasteiger partial charge in [0, 0.05) is 17.6 Å². The first-order valence-electron chi connectivity index (χ1n) is 8.87. The maximum Gasteiger partial charge on any atom is 0.321 e. The van der Waals surface area contributed by atoms with Crippen molar-refractivity contribution in [3.8, 4) is 17.1 Å². The lowest BCUT2D eigenvalue weighted by Crippen LogP contribution is -2.41. The zero-order chi connectivity index (χ0) is 21.0. The molecule has 1 heterocycles. The number of hydrogen-bond donors (Lipinski definition) is 2. The molecule has 29 heavy (non-hydrogen) atoms. The molecule has 2 N–H and O–H groups in total. The zero-order valence-electron chi connectivity index (χ0n) is 16.1. The van der Waals surface area contributed by atoms with Gasteiger partial charge in [-0.1, -0.05) is 41.6 Å². The maximum atomic E-state index is 12.3. The molecule has 0 aliphatic carbocycles. The SMILES string of the molecule is CNC(=O)NC(=O)C(C)Sc1nnc(-c2ccc(Cl)cc2)n1-c1ccccc1C. The number of halogens is 1. The second kappa shape index (κ2) is 9.11. The summed E-state index contributed by atoms with van der Waals surface area (Å²) in [6.45, 7) is 3.71. The molecule has 1 aromatic heterocycles. The quantitative estimate of drug-likeness (QED) is 0.601. The molecule has 0 aliphatic rings. The van der Waals surface area contributed by atoms with Gasteiger partial charge in [0.1, 0.15) is 0 Å². The predicted octanol–water partition coefficient (Wildman–Crippen LogP) is 3.83. The van der Waals surface area contributed by atoms with Crippen LogP contribution in [-0.4, -0.2) is 39.0 Å². The molecule has 1 atom stereocenters. The third-order valence-corrected chi connectivity index (χ3v) is 5.50. The number of nitrogens with zero attached hydrogens (tertiary/aromatic N) is 3. The van der Waals surface area contributed by atoms with Crippen molar-refractivity contribution in [1.82, 2.24) is 25.4 Å². The van der Waals surface area contributed by atoms with E-state index in [0.29, 0.717) is 16.0 Å². The van der Waals surface area contributed by atoms with Gasteiger partial charge < -0.3 is 5.32 Å². The number of para-hydroxylation sites is 1. The lowest BCUT2D eigenvalue weighted by molar-refractivity contribution is -0.119. The molecule has 3 aromatic rings. The van der Waals surface area contributed by atoms with E-state index in [1.807, 2.05) is 47.9 Å². The molecule has 3 rings (SSSR count). The molecule has 0 spiro atoms. The number of benzene rings is 2. The highest BCUT2D eigenvalue weighted by atomic mass is 35.5. The van der Waals surface area contributed by atoms with E-state index in [2.05, 4.69) is 20.8 Å². The first-order chi connectivity index (χ1) is 13.9. The fourth-order valence-corrected chi connectivity index (χ4v) is 3.64. The Morgan fingerprint density at radius 3 is 2.45 bits per heavy atom. The summed E-state index contributed by atoms with van der Waals surface area (Å²) in [5.74, 6) is 0.221. The molecule has 7 nitrogen and oxygen atoms in total. The number of nitrogens with one attached hydrogen (secondary N) is 2. The van der Waals surface area contributed by atoms with Crippen LogP contribution >= 0.6 is 23.4 Å². The number of carbonyl (C=O) groups excluding carboxylic acids is 2. The van der Waals surface area contributed by atoms with Crippen LogP contribution in [0.3, 0.4) is 0 Å². The van der Waals surface area contributed by atoms with Crippen LogP contribution in [0.15, 0.2) is 53.7 Å². The molecule has 0 aliphatic heterocycles. The molecule has 3 amide bonds. The largest absolute Gasteiger partial charge is 0.341 e. The van der Waals surface area contributed by atoms with Crippen LogP contribution in [0.5, 0.6) is 0 Å². The first kappa shape index (κ1) is 20.9. The molecule has 2 aromatic carbocycles. The smallest absolute Gasteiger partial charge is 0.321 e.